The average molecular weight is 378 g/mol. The predicted octanol–water partition coefficient (Wildman–Crippen LogP) is 2.40. The van der Waals surface area contributed by atoms with Crippen molar-refractivity contribution in [3.05, 3.63) is 46.6 Å². The molecule has 0 bridgehead atoms. The zero-order valence-corrected chi connectivity index (χ0v) is 16.7. The molecule has 2 N–H and O–H groups in total. The minimum absolute atomic E-state index is 0. The number of benzene rings is 1. The number of hydrogen-bond acceptors (Lipinski definition) is 4. The second kappa shape index (κ2) is 8.56. The van der Waals surface area contributed by atoms with Crippen LogP contribution in [0, 0.1) is 6.92 Å². The van der Waals surface area contributed by atoms with Crippen LogP contribution in [0.5, 0.6) is 0 Å². The van der Waals surface area contributed by atoms with E-state index in [1.807, 2.05) is 57.0 Å². The first kappa shape index (κ1) is 20.3. The number of hydrogen-bond donors (Lipinski definition) is 2. The van der Waals surface area contributed by atoms with Crippen molar-refractivity contribution in [3.8, 4) is 0 Å². The molecular formula is C19H28ClN5O. The number of aryl methyl sites for hydroxylation is 2. The molecule has 2 aromatic rings. The van der Waals surface area contributed by atoms with Crippen molar-refractivity contribution in [1.29, 1.82) is 0 Å². The first-order valence-electron chi connectivity index (χ1n) is 8.76. The molecule has 1 fully saturated rings. The minimum Gasteiger partial charge on any atom is -0.363 e. The van der Waals surface area contributed by atoms with Crippen LogP contribution in [-0.2, 0) is 20.1 Å². The normalized spacial score (nSPS) is 13.2. The molecule has 26 heavy (non-hydrogen) atoms. The van der Waals surface area contributed by atoms with Crippen LogP contribution < -0.4 is 15.5 Å². The third-order valence-electron chi connectivity index (χ3n) is 4.47. The van der Waals surface area contributed by atoms with Gasteiger partial charge in [0, 0.05) is 51.4 Å². The lowest BCUT2D eigenvalue weighted by atomic mass is 10.1. The van der Waals surface area contributed by atoms with Gasteiger partial charge in [-0.2, -0.15) is 5.10 Å². The van der Waals surface area contributed by atoms with Crippen molar-refractivity contribution in [2.24, 2.45) is 7.05 Å². The van der Waals surface area contributed by atoms with Crippen LogP contribution in [-0.4, -0.2) is 35.8 Å². The fourth-order valence-corrected chi connectivity index (χ4v) is 3.11. The molecule has 1 aliphatic carbocycles. The molecule has 1 amide bonds. The number of carbonyl (C=O) groups excluding carboxylic acids is 1. The van der Waals surface area contributed by atoms with Gasteiger partial charge in [0.1, 0.15) is 5.82 Å². The highest BCUT2D eigenvalue weighted by atomic mass is 35.5. The van der Waals surface area contributed by atoms with Crippen LogP contribution >= 0.6 is 12.4 Å². The van der Waals surface area contributed by atoms with E-state index in [0.29, 0.717) is 12.6 Å². The highest BCUT2D eigenvalue weighted by Crippen LogP contribution is 2.21. The Bertz CT molecular complexity index is 767. The number of amides is 1. The van der Waals surface area contributed by atoms with Crippen LogP contribution in [0.1, 0.15) is 40.0 Å². The van der Waals surface area contributed by atoms with E-state index in [-0.39, 0.29) is 18.3 Å². The summed E-state index contributed by atoms with van der Waals surface area (Å²) in [4.78, 5) is 14.2. The minimum atomic E-state index is 0. The zero-order valence-electron chi connectivity index (χ0n) is 15.9. The molecule has 0 atom stereocenters. The van der Waals surface area contributed by atoms with Crippen molar-refractivity contribution < 1.29 is 4.79 Å². The fourth-order valence-electron chi connectivity index (χ4n) is 3.11. The summed E-state index contributed by atoms with van der Waals surface area (Å²) < 4.78 is 1.91. The Morgan fingerprint density at radius 2 is 2.04 bits per heavy atom. The molecule has 1 aromatic carbocycles. The van der Waals surface area contributed by atoms with Crippen LogP contribution in [0.15, 0.2) is 24.3 Å². The number of nitrogens with zero attached hydrogens (tertiary/aromatic N) is 3. The monoisotopic (exact) mass is 377 g/mol. The van der Waals surface area contributed by atoms with Crippen LogP contribution in [0.2, 0.25) is 0 Å². The Morgan fingerprint density at radius 3 is 2.69 bits per heavy atom. The van der Waals surface area contributed by atoms with E-state index >= 15 is 0 Å². The lowest BCUT2D eigenvalue weighted by molar-refractivity contribution is 0.0951. The Labute approximate surface area is 161 Å². The van der Waals surface area contributed by atoms with Gasteiger partial charge in [-0.1, -0.05) is 12.1 Å². The highest BCUT2D eigenvalue weighted by molar-refractivity contribution is 5.94. The highest BCUT2D eigenvalue weighted by Gasteiger charge is 2.23. The third-order valence-corrected chi connectivity index (χ3v) is 4.47. The smallest absolute Gasteiger partial charge is 0.251 e. The number of anilines is 1. The first-order valence-corrected chi connectivity index (χ1v) is 8.76. The van der Waals surface area contributed by atoms with Gasteiger partial charge in [0.15, 0.2) is 0 Å². The summed E-state index contributed by atoms with van der Waals surface area (Å²) in [5.41, 5.74) is 4.08. The van der Waals surface area contributed by atoms with E-state index in [0.717, 1.165) is 42.0 Å². The Kier molecular flexibility index (Phi) is 6.67. The number of aromatic nitrogens is 2. The molecule has 0 saturated heterocycles. The van der Waals surface area contributed by atoms with Gasteiger partial charge in [0.2, 0.25) is 0 Å². The Morgan fingerprint density at radius 1 is 1.31 bits per heavy atom. The molecule has 0 radical (unpaired) electrons. The number of nitrogens with one attached hydrogen (secondary N) is 2. The lowest BCUT2D eigenvalue weighted by Crippen LogP contribution is -2.25. The summed E-state index contributed by atoms with van der Waals surface area (Å²) in [7, 11) is 6.03. The van der Waals surface area contributed by atoms with Gasteiger partial charge >= 0.3 is 0 Å². The van der Waals surface area contributed by atoms with Crippen LogP contribution in [0.3, 0.4) is 0 Å². The van der Waals surface area contributed by atoms with E-state index in [2.05, 4.69) is 20.6 Å². The van der Waals surface area contributed by atoms with Gasteiger partial charge < -0.3 is 15.5 Å². The van der Waals surface area contributed by atoms with E-state index < -0.39 is 0 Å². The van der Waals surface area contributed by atoms with E-state index in [1.165, 1.54) is 5.56 Å². The molecule has 3 rings (SSSR count). The van der Waals surface area contributed by atoms with Crippen molar-refractivity contribution in [3.63, 3.8) is 0 Å². The molecule has 1 heterocycles. The molecule has 142 valence electrons. The summed E-state index contributed by atoms with van der Waals surface area (Å²) in [6, 6.07) is 8.21. The largest absolute Gasteiger partial charge is 0.363 e. The SMILES string of the molecule is Cc1nn(C)c(N(C)C)c1CNCc1cccc(C(=O)NC2CC2)c1.Cl. The van der Waals surface area contributed by atoms with Gasteiger partial charge in [0.25, 0.3) is 5.91 Å². The topological polar surface area (TPSA) is 62.2 Å². The van der Waals surface area contributed by atoms with Gasteiger partial charge in [-0.3, -0.25) is 9.48 Å². The molecule has 1 aromatic heterocycles. The summed E-state index contributed by atoms with van der Waals surface area (Å²) in [5.74, 6) is 1.14. The molecule has 6 nitrogen and oxygen atoms in total. The first-order chi connectivity index (χ1) is 12.0. The Hall–Kier alpha value is -2.05. The second-order valence-electron chi connectivity index (χ2n) is 6.96. The summed E-state index contributed by atoms with van der Waals surface area (Å²) in [5, 5.41) is 11.0. The maximum absolute atomic E-state index is 12.2. The van der Waals surface area contributed by atoms with Crippen molar-refractivity contribution in [2.75, 3.05) is 19.0 Å². The molecular weight excluding hydrogens is 350 g/mol. The summed E-state index contributed by atoms with van der Waals surface area (Å²) >= 11 is 0. The van der Waals surface area contributed by atoms with Crippen molar-refractivity contribution >= 4 is 24.1 Å². The van der Waals surface area contributed by atoms with Gasteiger partial charge in [0.05, 0.1) is 5.69 Å². The zero-order chi connectivity index (χ0) is 18.0. The van der Waals surface area contributed by atoms with Crippen LogP contribution in [0.25, 0.3) is 0 Å². The molecule has 1 aliphatic rings. The number of rotatable bonds is 7. The van der Waals surface area contributed by atoms with E-state index in [1.54, 1.807) is 0 Å². The van der Waals surface area contributed by atoms with Gasteiger partial charge in [-0.15, -0.1) is 12.4 Å². The molecule has 0 spiro atoms. The molecule has 7 heteroatoms. The second-order valence-corrected chi connectivity index (χ2v) is 6.96. The maximum atomic E-state index is 12.2. The standard InChI is InChI=1S/C19H27N5O.ClH/c1-13-17(19(23(2)3)24(4)22-13)12-20-11-14-6-5-7-15(10-14)18(25)21-16-8-9-16;/h5-7,10,16,20H,8-9,11-12H2,1-4H3,(H,21,25);1H. The maximum Gasteiger partial charge on any atom is 0.251 e. The average Bonchev–Trinajstić information content (AvgIpc) is 3.32. The lowest BCUT2D eigenvalue weighted by Gasteiger charge is -2.15. The summed E-state index contributed by atoms with van der Waals surface area (Å²) in [6.45, 7) is 3.49. The fraction of sp³-hybridized carbons (Fsp3) is 0.474. The molecule has 0 aliphatic heterocycles. The molecule has 1 saturated carbocycles. The van der Waals surface area contributed by atoms with E-state index in [4.69, 9.17) is 0 Å². The summed E-state index contributed by atoms with van der Waals surface area (Å²) in [6.07, 6.45) is 2.21. The predicted molar refractivity (Wildman–Crippen MR) is 107 cm³/mol. The van der Waals surface area contributed by atoms with Crippen LogP contribution in [0.4, 0.5) is 5.82 Å². The van der Waals surface area contributed by atoms with Crippen molar-refractivity contribution in [2.45, 2.75) is 38.9 Å². The van der Waals surface area contributed by atoms with Gasteiger partial charge in [-0.05, 0) is 37.5 Å². The van der Waals surface area contributed by atoms with E-state index in [9.17, 15) is 4.79 Å². The quantitative estimate of drug-likeness (QED) is 0.777. The Balaban J connectivity index is 0.00000243. The number of carbonyl (C=O) groups is 1. The third kappa shape index (κ3) is 4.77. The number of halogens is 1. The van der Waals surface area contributed by atoms with Crippen molar-refractivity contribution in [1.82, 2.24) is 20.4 Å². The molecule has 0 unspecified atom stereocenters. The van der Waals surface area contributed by atoms with Gasteiger partial charge in [-0.25, -0.2) is 0 Å².